The number of hydrogen-bond donors (Lipinski definition) is 0. The van der Waals surface area contributed by atoms with Gasteiger partial charge in [0, 0.05) is 73.1 Å². The summed E-state index contributed by atoms with van der Waals surface area (Å²) in [6.45, 7) is 3.96. The van der Waals surface area contributed by atoms with E-state index in [0.29, 0.717) is 39.0 Å². The Morgan fingerprint density at radius 3 is 2.51 bits per heavy atom. The second-order valence-corrected chi connectivity index (χ2v) is 10.6. The minimum absolute atomic E-state index is 0.0809. The fraction of sp³-hybridized carbons (Fsp3) is 0.462. The second-order valence-electron chi connectivity index (χ2n) is 9.27. The Morgan fingerprint density at radius 1 is 1.06 bits per heavy atom. The number of rotatable bonds is 6. The van der Waals surface area contributed by atoms with Crippen molar-refractivity contribution in [2.24, 2.45) is 5.92 Å². The number of piperazine rings is 1. The first-order valence-corrected chi connectivity index (χ1v) is 13.1. The predicted molar refractivity (Wildman–Crippen MR) is 137 cm³/mol. The van der Waals surface area contributed by atoms with Gasteiger partial charge in [0.15, 0.2) is 0 Å². The molecule has 2 heterocycles. The quantitative estimate of drug-likeness (QED) is 0.525. The summed E-state index contributed by atoms with van der Waals surface area (Å²) in [4.78, 5) is 32.1. The first kappa shape index (κ1) is 25.9. The van der Waals surface area contributed by atoms with Crippen molar-refractivity contribution in [2.45, 2.75) is 25.4 Å². The minimum atomic E-state index is -0.486. The van der Waals surface area contributed by atoms with Gasteiger partial charge in [0.1, 0.15) is 17.7 Å². The Kier molecular flexibility index (Phi) is 8.68. The topological polar surface area (TPSA) is 53.1 Å². The number of ether oxygens (including phenoxy) is 1. The average Bonchev–Trinajstić information content (AvgIpc) is 2.83. The van der Waals surface area contributed by atoms with Crippen LogP contribution in [0.25, 0.3) is 0 Å². The lowest BCUT2D eigenvalue weighted by atomic mass is 9.90. The highest BCUT2D eigenvalue weighted by molar-refractivity contribution is 9.10. The molecule has 0 bridgehead atoms. The molecule has 2 aliphatic heterocycles. The molecule has 188 valence electrons. The van der Waals surface area contributed by atoms with Crippen molar-refractivity contribution in [3.8, 4) is 5.75 Å². The zero-order chi connectivity index (χ0) is 24.9. The van der Waals surface area contributed by atoms with E-state index in [0.717, 1.165) is 23.3 Å². The number of piperidine rings is 1. The van der Waals surface area contributed by atoms with Crippen LogP contribution in [0.2, 0.25) is 5.02 Å². The highest BCUT2D eigenvalue weighted by atomic mass is 79.9. The molecule has 0 aliphatic carbocycles. The Bertz CT molecular complexity index is 1040. The van der Waals surface area contributed by atoms with Crippen molar-refractivity contribution < 1.29 is 18.7 Å². The molecule has 2 atom stereocenters. The number of carbonyl (C=O) groups is 2. The molecule has 2 aromatic rings. The standard InChI is InChI=1S/C26H30BrClFN3O3/c1-30-10-12-31(13-11-30)25(33)14-18-17-32(26(34)16-21-22(28)6-3-7-23(21)29)9-8-24(18)35-20-5-2-4-19(27)15-20/h2-7,15,18,24H,8-14,16-17H2,1H3/t18-,24-/m0/s1. The third-order valence-corrected chi connectivity index (χ3v) is 7.63. The lowest BCUT2D eigenvalue weighted by Gasteiger charge is -2.40. The lowest BCUT2D eigenvalue weighted by Crippen LogP contribution is -2.52. The van der Waals surface area contributed by atoms with E-state index in [2.05, 4.69) is 27.9 Å². The van der Waals surface area contributed by atoms with Gasteiger partial charge in [0.2, 0.25) is 11.8 Å². The Labute approximate surface area is 219 Å². The molecule has 0 spiro atoms. The lowest BCUT2D eigenvalue weighted by molar-refractivity contribution is -0.139. The number of benzene rings is 2. The number of amides is 2. The summed E-state index contributed by atoms with van der Waals surface area (Å²) in [5.41, 5.74) is 0.205. The molecule has 2 aromatic carbocycles. The molecule has 9 heteroatoms. The van der Waals surface area contributed by atoms with Crippen LogP contribution in [0.1, 0.15) is 18.4 Å². The van der Waals surface area contributed by atoms with Crippen LogP contribution in [-0.4, -0.2) is 78.9 Å². The fourth-order valence-corrected chi connectivity index (χ4v) is 5.29. The van der Waals surface area contributed by atoms with Gasteiger partial charge in [0.05, 0.1) is 6.42 Å². The molecule has 0 aromatic heterocycles. The average molecular weight is 567 g/mol. The monoisotopic (exact) mass is 565 g/mol. The van der Waals surface area contributed by atoms with E-state index in [4.69, 9.17) is 16.3 Å². The molecule has 2 aliphatic rings. The summed E-state index contributed by atoms with van der Waals surface area (Å²) in [5.74, 6) is -0.0536. The summed E-state index contributed by atoms with van der Waals surface area (Å²) in [7, 11) is 2.05. The largest absolute Gasteiger partial charge is 0.490 e. The number of likely N-dealkylation sites (tertiary alicyclic amines) is 1. The molecule has 2 saturated heterocycles. The molecule has 35 heavy (non-hydrogen) atoms. The molecule has 0 N–H and O–H groups in total. The molecular formula is C26H30BrClFN3O3. The number of nitrogens with zero attached hydrogens (tertiary/aromatic N) is 3. The van der Waals surface area contributed by atoms with E-state index < -0.39 is 5.82 Å². The Morgan fingerprint density at radius 2 is 1.80 bits per heavy atom. The third-order valence-electron chi connectivity index (χ3n) is 6.78. The van der Waals surface area contributed by atoms with Crippen molar-refractivity contribution in [3.05, 3.63) is 63.3 Å². The highest BCUT2D eigenvalue weighted by Crippen LogP contribution is 2.29. The van der Waals surface area contributed by atoms with E-state index in [9.17, 15) is 14.0 Å². The van der Waals surface area contributed by atoms with Crippen LogP contribution < -0.4 is 4.74 Å². The summed E-state index contributed by atoms with van der Waals surface area (Å²) < 4.78 is 21.5. The van der Waals surface area contributed by atoms with E-state index in [1.165, 1.54) is 12.1 Å². The highest BCUT2D eigenvalue weighted by Gasteiger charge is 2.36. The summed E-state index contributed by atoms with van der Waals surface area (Å²) >= 11 is 9.62. The van der Waals surface area contributed by atoms with Crippen LogP contribution in [0.4, 0.5) is 4.39 Å². The molecule has 0 radical (unpaired) electrons. The molecule has 2 amide bonds. The van der Waals surface area contributed by atoms with Gasteiger partial charge in [-0.1, -0.05) is 39.7 Å². The summed E-state index contributed by atoms with van der Waals surface area (Å²) in [6, 6.07) is 12.0. The van der Waals surface area contributed by atoms with E-state index >= 15 is 0 Å². The van der Waals surface area contributed by atoms with E-state index in [-0.39, 0.29) is 40.8 Å². The smallest absolute Gasteiger partial charge is 0.227 e. The van der Waals surface area contributed by atoms with Crippen LogP contribution in [0, 0.1) is 11.7 Å². The Hall–Kier alpha value is -2.16. The van der Waals surface area contributed by atoms with Gasteiger partial charge in [-0.05, 0) is 37.4 Å². The molecule has 0 saturated carbocycles. The van der Waals surface area contributed by atoms with Gasteiger partial charge < -0.3 is 19.4 Å². The van der Waals surface area contributed by atoms with Crippen molar-refractivity contribution in [3.63, 3.8) is 0 Å². The SMILES string of the molecule is CN1CCN(C(=O)C[C@H]2CN(C(=O)Cc3c(F)cccc3Cl)CC[C@@H]2Oc2cccc(Br)c2)CC1. The normalized spacial score (nSPS) is 21.1. The molecule has 0 unspecified atom stereocenters. The van der Waals surface area contributed by atoms with Gasteiger partial charge in [0.25, 0.3) is 0 Å². The van der Waals surface area contributed by atoms with E-state index in [1.807, 2.05) is 29.2 Å². The van der Waals surface area contributed by atoms with Crippen molar-refractivity contribution >= 4 is 39.3 Å². The maximum absolute atomic E-state index is 14.3. The van der Waals surface area contributed by atoms with Gasteiger partial charge in [-0.15, -0.1) is 0 Å². The fourth-order valence-electron chi connectivity index (χ4n) is 4.68. The molecule has 4 rings (SSSR count). The number of likely N-dealkylation sites (N-methyl/N-ethyl adjacent to an activating group) is 1. The minimum Gasteiger partial charge on any atom is -0.490 e. The van der Waals surface area contributed by atoms with Crippen LogP contribution in [-0.2, 0) is 16.0 Å². The second kappa shape index (κ2) is 11.7. The van der Waals surface area contributed by atoms with Crippen LogP contribution in [0.5, 0.6) is 5.75 Å². The van der Waals surface area contributed by atoms with Crippen LogP contribution in [0.15, 0.2) is 46.9 Å². The predicted octanol–water partition coefficient (Wildman–Crippen LogP) is 4.24. The van der Waals surface area contributed by atoms with Crippen LogP contribution in [0.3, 0.4) is 0 Å². The van der Waals surface area contributed by atoms with Gasteiger partial charge in [-0.3, -0.25) is 9.59 Å². The zero-order valence-corrected chi connectivity index (χ0v) is 22.1. The van der Waals surface area contributed by atoms with Crippen molar-refractivity contribution in [1.82, 2.24) is 14.7 Å². The van der Waals surface area contributed by atoms with Crippen molar-refractivity contribution in [1.29, 1.82) is 0 Å². The van der Waals surface area contributed by atoms with Crippen LogP contribution >= 0.6 is 27.5 Å². The number of carbonyl (C=O) groups excluding carboxylic acids is 2. The number of hydrogen-bond acceptors (Lipinski definition) is 4. The molecular weight excluding hydrogens is 537 g/mol. The first-order valence-electron chi connectivity index (χ1n) is 11.9. The van der Waals surface area contributed by atoms with Gasteiger partial charge in [-0.2, -0.15) is 0 Å². The molecule has 2 fully saturated rings. The first-order chi connectivity index (χ1) is 16.8. The third kappa shape index (κ3) is 6.74. The molecule has 6 nitrogen and oxygen atoms in total. The zero-order valence-electron chi connectivity index (χ0n) is 19.8. The van der Waals surface area contributed by atoms with Crippen molar-refractivity contribution in [2.75, 3.05) is 46.3 Å². The van der Waals surface area contributed by atoms with Gasteiger partial charge >= 0.3 is 0 Å². The Balaban J connectivity index is 1.47. The van der Waals surface area contributed by atoms with Gasteiger partial charge in [-0.25, -0.2) is 4.39 Å². The summed E-state index contributed by atoms with van der Waals surface area (Å²) in [5, 5.41) is 0.244. The maximum Gasteiger partial charge on any atom is 0.227 e. The summed E-state index contributed by atoms with van der Waals surface area (Å²) in [6.07, 6.45) is 0.569. The maximum atomic E-state index is 14.3. The number of halogens is 3. The van der Waals surface area contributed by atoms with E-state index in [1.54, 1.807) is 11.0 Å².